The minimum atomic E-state index is -4.43. The third kappa shape index (κ3) is 3.28. The maximum absolute atomic E-state index is 12.5. The van der Waals surface area contributed by atoms with E-state index in [0.29, 0.717) is 17.8 Å². The predicted molar refractivity (Wildman–Crippen MR) is 73.0 cm³/mol. The van der Waals surface area contributed by atoms with Gasteiger partial charge in [-0.15, -0.1) is 10.2 Å². The van der Waals surface area contributed by atoms with Crippen LogP contribution in [0.2, 0.25) is 0 Å². The molecular formula is C14H19F3N4. The van der Waals surface area contributed by atoms with Crippen molar-refractivity contribution < 1.29 is 13.2 Å². The number of hydrogen-bond acceptors (Lipinski definition) is 4. The largest absolute Gasteiger partial charge is 0.435 e. The van der Waals surface area contributed by atoms with Crippen molar-refractivity contribution >= 4 is 5.82 Å². The molecule has 2 saturated heterocycles. The lowest BCUT2D eigenvalue weighted by Crippen LogP contribution is -2.43. The molecule has 1 aromatic heterocycles. The summed E-state index contributed by atoms with van der Waals surface area (Å²) in [6.45, 7) is 2.75. The minimum Gasteiger partial charge on any atom is -0.355 e. The van der Waals surface area contributed by atoms with E-state index in [9.17, 15) is 13.2 Å². The zero-order valence-electron chi connectivity index (χ0n) is 11.7. The summed E-state index contributed by atoms with van der Waals surface area (Å²) in [5, 5.41) is 10.6. The van der Waals surface area contributed by atoms with Crippen LogP contribution in [0.1, 0.15) is 31.4 Å². The van der Waals surface area contributed by atoms with Gasteiger partial charge in [0.1, 0.15) is 0 Å². The van der Waals surface area contributed by atoms with Crippen molar-refractivity contribution in [1.82, 2.24) is 15.5 Å². The van der Waals surface area contributed by atoms with Crippen LogP contribution in [0.25, 0.3) is 0 Å². The molecule has 2 atom stereocenters. The quantitative estimate of drug-likeness (QED) is 0.911. The van der Waals surface area contributed by atoms with Gasteiger partial charge in [0, 0.05) is 19.1 Å². The molecule has 0 amide bonds. The van der Waals surface area contributed by atoms with Crippen LogP contribution < -0.4 is 10.2 Å². The molecule has 4 nitrogen and oxygen atoms in total. The summed E-state index contributed by atoms with van der Waals surface area (Å²) < 4.78 is 37.5. The molecule has 21 heavy (non-hydrogen) atoms. The molecule has 1 aromatic rings. The SMILES string of the molecule is FC(F)(F)c1ccc(N2CCCC(C3CCCN3)C2)nn1. The Balaban J connectivity index is 1.68. The van der Waals surface area contributed by atoms with Crippen molar-refractivity contribution in [2.75, 3.05) is 24.5 Å². The van der Waals surface area contributed by atoms with Gasteiger partial charge in [0.2, 0.25) is 0 Å². The van der Waals surface area contributed by atoms with Gasteiger partial charge in [-0.05, 0) is 50.3 Å². The summed E-state index contributed by atoms with van der Waals surface area (Å²) in [5.41, 5.74) is -0.933. The van der Waals surface area contributed by atoms with E-state index in [0.717, 1.165) is 32.1 Å². The highest BCUT2D eigenvalue weighted by Gasteiger charge is 2.34. The Kier molecular flexibility index (Phi) is 4.01. The van der Waals surface area contributed by atoms with Crippen LogP contribution in [0.15, 0.2) is 12.1 Å². The maximum atomic E-state index is 12.5. The van der Waals surface area contributed by atoms with Crippen LogP contribution in [0.4, 0.5) is 19.0 Å². The molecule has 2 fully saturated rings. The minimum absolute atomic E-state index is 0.537. The molecule has 0 aromatic carbocycles. The first-order valence-electron chi connectivity index (χ1n) is 7.43. The smallest absolute Gasteiger partial charge is 0.355 e. The molecule has 7 heteroatoms. The molecule has 116 valence electrons. The van der Waals surface area contributed by atoms with Gasteiger partial charge in [-0.25, -0.2) is 0 Å². The first-order chi connectivity index (χ1) is 10.0. The van der Waals surface area contributed by atoms with E-state index in [1.165, 1.54) is 25.3 Å². The Morgan fingerprint density at radius 1 is 1.14 bits per heavy atom. The Morgan fingerprint density at radius 2 is 2.00 bits per heavy atom. The summed E-state index contributed by atoms with van der Waals surface area (Å²) in [7, 11) is 0. The molecular weight excluding hydrogens is 281 g/mol. The number of aromatic nitrogens is 2. The average Bonchev–Trinajstić information content (AvgIpc) is 3.01. The van der Waals surface area contributed by atoms with Crippen LogP contribution >= 0.6 is 0 Å². The van der Waals surface area contributed by atoms with Crippen LogP contribution in [0.5, 0.6) is 0 Å². The number of piperidine rings is 1. The normalized spacial score (nSPS) is 27.1. The highest BCUT2D eigenvalue weighted by Crippen LogP contribution is 2.30. The summed E-state index contributed by atoms with van der Waals surface area (Å²) in [6.07, 6.45) is 0.190. The van der Waals surface area contributed by atoms with Crippen molar-refractivity contribution in [3.05, 3.63) is 17.8 Å². The molecule has 2 unspecified atom stereocenters. The molecule has 3 heterocycles. The molecule has 0 radical (unpaired) electrons. The first-order valence-corrected chi connectivity index (χ1v) is 7.43. The summed E-state index contributed by atoms with van der Waals surface area (Å²) >= 11 is 0. The molecule has 0 bridgehead atoms. The molecule has 3 rings (SSSR count). The van der Waals surface area contributed by atoms with Crippen LogP contribution in [0.3, 0.4) is 0 Å². The second kappa shape index (κ2) is 5.79. The average molecular weight is 300 g/mol. The number of rotatable bonds is 2. The van der Waals surface area contributed by atoms with E-state index in [2.05, 4.69) is 20.4 Å². The number of alkyl halides is 3. The third-order valence-electron chi connectivity index (χ3n) is 4.39. The zero-order valence-corrected chi connectivity index (χ0v) is 11.7. The lowest BCUT2D eigenvalue weighted by Gasteiger charge is -2.36. The van der Waals surface area contributed by atoms with Gasteiger partial charge < -0.3 is 10.2 Å². The fourth-order valence-electron chi connectivity index (χ4n) is 3.31. The van der Waals surface area contributed by atoms with Gasteiger partial charge >= 0.3 is 6.18 Å². The molecule has 2 aliphatic heterocycles. The Hall–Kier alpha value is -1.37. The highest BCUT2D eigenvalue weighted by molar-refractivity contribution is 5.38. The van der Waals surface area contributed by atoms with E-state index in [1.54, 1.807) is 0 Å². The van der Waals surface area contributed by atoms with Gasteiger partial charge in [0.15, 0.2) is 11.5 Å². The van der Waals surface area contributed by atoms with Gasteiger partial charge in [0.25, 0.3) is 0 Å². The lowest BCUT2D eigenvalue weighted by atomic mass is 9.90. The van der Waals surface area contributed by atoms with E-state index in [1.807, 2.05) is 0 Å². The van der Waals surface area contributed by atoms with Crippen LogP contribution in [-0.2, 0) is 6.18 Å². The number of nitrogens with one attached hydrogen (secondary N) is 1. The summed E-state index contributed by atoms with van der Waals surface area (Å²) in [6, 6.07) is 2.98. The molecule has 0 saturated carbocycles. The van der Waals surface area contributed by atoms with Crippen LogP contribution in [-0.4, -0.2) is 35.9 Å². The van der Waals surface area contributed by atoms with Crippen molar-refractivity contribution in [3.8, 4) is 0 Å². The van der Waals surface area contributed by atoms with Gasteiger partial charge in [0.05, 0.1) is 0 Å². The molecule has 2 aliphatic rings. The van der Waals surface area contributed by atoms with Gasteiger partial charge in [-0.1, -0.05) is 0 Å². The van der Waals surface area contributed by atoms with Gasteiger partial charge in [-0.3, -0.25) is 0 Å². The number of hydrogen-bond donors (Lipinski definition) is 1. The topological polar surface area (TPSA) is 41.0 Å². The first kappa shape index (κ1) is 14.6. The predicted octanol–water partition coefficient (Wildman–Crippen LogP) is 2.46. The fourth-order valence-corrected chi connectivity index (χ4v) is 3.31. The highest BCUT2D eigenvalue weighted by atomic mass is 19.4. The number of anilines is 1. The van der Waals surface area contributed by atoms with E-state index in [-0.39, 0.29) is 0 Å². The Labute approximate surface area is 121 Å². The molecule has 0 spiro atoms. The Morgan fingerprint density at radius 3 is 2.62 bits per heavy atom. The second-order valence-electron chi connectivity index (χ2n) is 5.83. The van der Waals surface area contributed by atoms with Crippen LogP contribution in [0, 0.1) is 5.92 Å². The second-order valence-corrected chi connectivity index (χ2v) is 5.83. The standard InChI is InChI=1S/C14H19F3N4/c15-14(16,17)12-5-6-13(20-19-12)21-8-2-3-10(9-21)11-4-1-7-18-11/h5-6,10-11,18H,1-4,7-9H2. The lowest BCUT2D eigenvalue weighted by molar-refractivity contribution is -0.141. The Bertz CT molecular complexity index is 468. The van der Waals surface area contributed by atoms with E-state index < -0.39 is 11.9 Å². The van der Waals surface area contributed by atoms with Gasteiger partial charge in [-0.2, -0.15) is 13.2 Å². The van der Waals surface area contributed by atoms with Crippen molar-refractivity contribution in [2.24, 2.45) is 5.92 Å². The molecule has 1 N–H and O–H groups in total. The van der Waals surface area contributed by atoms with Crippen molar-refractivity contribution in [2.45, 2.75) is 37.9 Å². The summed E-state index contributed by atoms with van der Waals surface area (Å²) in [5.74, 6) is 1.09. The number of halogens is 3. The fraction of sp³-hybridized carbons (Fsp3) is 0.714. The molecule has 0 aliphatic carbocycles. The monoisotopic (exact) mass is 300 g/mol. The third-order valence-corrected chi connectivity index (χ3v) is 4.39. The zero-order chi connectivity index (χ0) is 14.9. The summed E-state index contributed by atoms with van der Waals surface area (Å²) in [4.78, 5) is 2.06. The van der Waals surface area contributed by atoms with Crippen molar-refractivity contribution in [3.63, 3.8) is 0 Å². The maximum Gasteiger partial charge on any atom is 0.435 e. The van der Waals surface area contributed by atoms with Crippen molar-refractivity contribution in [1.29, 1.82) is 0 Å². The van der Waals surface area contributed by atoms with E-state index in [4.69, 9.17) is 0 Å². The number of nitrogens with zero attached hydrogens (tertiary/aromatic N) is 3. The van der Waals surface area contributed by atoms with E-state index >= 15 is 0 Å².